The fourth-order valence-electron chi connectivity index (χ4n) is 4.26. The quantitative estimate of drug-likeness (QED) is 0.506. The van der Waals surface area contributed by atoms with Crippen molar-refractivity contribution < 1.29 is 9.21 Å². The molecule has 0 spiro atoms. The van der Waals surface area contributed by atoms with Crippen LogP contribution in [0.5, 0.6) is 0 Å². The van der Waals surface area contributed by atoms with Crippen molar-refractivity contribution in [3.8, 4) is 11.3 Å². The van der Waals surface area contributed by atoms with Crippen molar-refractivity contribution in [2.75, 3.05) is 19.6 Å². The van der Waals surface area contributed by atoms with Crippen LogP contribution < -0.4 is 5.32 Å². The van der Waals surface area contributed by atoms with Gasteiger partial charge in [-0.3, -0.25) is 14.7 Å². The molecule has 1 aliphatic heterocycles. The monoisotopic (exact) mass is 412 g/mol. The predicted octanol–water partition coefficient (Wildman–Crippen LogP) is 4.46. The summed E-state index contributed by atoms with van der Waals surface area (Å²) in [7, 11) is 0. The Morgan fingerprint density at radius 1 is 1.06 bits per heavy atom. The fourth-order valence-corrected chi connectivity index (χ4v) is 4.26. The van der Waals surface area contributed by atoms with Crippen molar-refractivity contribution >= 4 is 16.8 Å². The third-order valence-corrected chi connectivity index (χ3v) is 5.85. The Labute approximate surface area is 180 Å². The third-order valence-electron chi connectivity index (χ3n) is 5.85. The minimum atomic E-state index is -0.107. The van der Waals surface area contributed by atoms with Crippen LogP contribution in [-0.2, 0) is 0 Å². The Bertz CT molecular complexity index is 1170. The SMILES string of the molecule is O=C(NCC(c1ccco1)N1CCCC1)c1cc(-c2ccncc2)nc2ccccc12. The summed E-state index contributed by atoms with van der Waals surface area (Å²) in [5.41, 5.74) is 3.11. The van der Waals surface area contributed by atoms with Crippen LogP contribution in [0, 0.1) is 0 Å². The number of nitrogens with zero attached hydrogens (tertiary/aromatic N) is 3. The van der Waals surface area contributed by atoms with Gasteiger partial charge in [0.05, 0.1) is 29.1 Å². The molecule has 5 rings (SSSR count). The molecule has 1 saturated heterocycles. The highest BCUT2D eigenvalue weighted by molar-refractivity contribution is 6.07. The maximum absolute atomic E-state index is 13.3. The van der Waals surface area contributed by atoms with Crippen molar-refractivity contribution in [3.63, 3.8) is 0 Å². The molecule has 0 saturated carbocycles. The first kappa shape index (κ1) is 19.5. The highest BCUT2D eigenvalue weighted by atomic mass is 16.3. The van der Waals surface area contributed by atoms with E-state index in [1.807, 2.05) is 54.6 Å². The Balaban J connectivity index is 1.45. The van der Waals surface area contributed by atoms with Crippen LogP contribution in [0.2, 0.25) is 0 Å². The molecule has 4 heterocycles. The molecular formula is C25H24N4O2. The van der Waals surface area contributed by atoms with E-state index in [2.05, 4.69) is 15.2 Å². The smallest absolute Gasteiger partial charge is 0.252 e. The number of nitrogens with one attached hydrogen (secondary N) is 1. The molecule has 0 bridgehead atoms. The van der Waals surface area contributed by atoms with E-state index >= 15 is 0 Å². The van der Waals surface area contributed by atoms with Crippen molar-refractivity contribution in [2.24, 2.45) is 0 Å². The molecule has 0 aliphatic carbocycles. The van der Waals surface area contributed by atoms with Gasteiger partial charge in [-0.05, 0) is 62.3 Å². The molecule has 1 atom stereocenters. The van der Waals surface area contributed by atoms with Crippen LogP contribution in [0.15, 0.2) is 77.7 Å². The van der Waals surface area contributed by atoms with Crippen LogP contribution >= 0.6 is 0 Å². The van der Waals surface area contributed by atoms with Gasteiger partial charge in [0.25, 0.3) is 5.91 Å². The van der Waals surface area contributed by atoms with Crippen LogP contribution in [-0.4, -0.2) is 40.4 Å². The first-order valence-corrected chi connectivity index (χ1v) is 10.7. The van der Waals surface area contributed by atoms with Gasteiger partial charge < -0.3 is 9.73 Å². The highest BCUT2D eigenvalue weighted by Gasteiger charge is 2.26. The van der Waals surface area contributed by atoms with Crippen LogP contribution in [0.25, 0.3) is 22.2 Å². The Kier molecular flexibility index (Phi) is 5.46. The first-order chi connectivity index (χ1) is 15.3. The van der Waals surface area contributed by atoms with Gasteiger partial charge in [0, 0.05) is 29.9 Å². The highest BCUT2D eigenvalue weighted by Crippen LogP contribution is 2.27. The molecule has 6 heteroatoms. The van der Waals surface area contributed by atoms with Crippen molar-refractivity contribution in [3.05, 3.63) is 84.6 Å². The number of carbonyl (C=O) groups excluding carboxylic acids is 1. The number of fused-ring (bicyclic) bond motifs is 1. The minimum absolute atomic E-state index is 0.0363. The zero-order valence-corrected chi connectivity index (χ0v) is 17.2. The van der Waals surface area contributed by atoms with E-state index in [1.54, 1.807) is 18.7 Å². The maximum atomic E-state index is 13.3. The number of hydrogen-bond acceptors (Lipinski definition) is 5. The molecule has 31 heavy (non-hydrogen) atoms. The number of carbonyl (C=O) groups is 1. The summed E-state index contributed by atoms with van der Waals surface area (Å²) in [5.74, 6) is 0.781. The topological polar surface area (TPSA) is 71.3 Å². The van der Waals surface area contributed by atoms with Gasteiger partial charge in [-0.25, -0.2) is 4.98 Å². The standard InChI is InChI=1S/C25H24N4O2/c30-25(27-17-23(24-8-5-15-31-24)29-13-3-4-14-29)20-16-22(18-9-11-26-12-10-18)28-21-7-2-1-6-19(20)21/h1-2,5-12,15-16,23H,3-4,13-14,17H2,(H,27,30). The van der Waals surface area contributed by atoms with Gasteiger partial charge in [0.1, 0.15) is 5.76 Å². The van der Waals surface area contributed by atoms with Crippen molar-refractivity contribution in [1.82, 2.24) is 20.2 Å². The van der Waals surface area contributed by atoms with Crippen LogP contribution in [0.4, 0.5) is 0 Å². The normalized spacial score (nSPS) is 15.2. The van der Waals surface area contributed by atoms with E-state index in [9.17, 15) is 4.79 Å². The van der Waals surface area contributed by atoms with Gasteiger partial charge in [-0.2, -0.15) is 0 Å². The summed E-state index contributed by atoms with van der Waals surface area (Å²) in [6.45, 7) is 2.53. The largest absolute Gasteiger partial charge is 0.468 e. The van der Waals surface area contributed by atoms with Crippen LogP contribution in [0.3, 0.4) is 0 Å². The van der Waals surface area contributed by atoms with E-state index in [4.69, 9.17) is 9.40 Å². The number of pyridine rings is 2. The molecule has 1 unspecified atom stereocenters. The van der Waals surface area contributed by atoms with E-state index in [0.29, 0.717) is 12.1 Å². The Hall–Kier alpha value is -3.51. The lowest BCUT2D eigenvalue weighted by Gasteiger charge is -2.26. The second kappa shape index (κ2) is 8.70. The molecular weight excluding hydrogens is 388 g/mol. The second-order valence-electron chi connectivity index (χ2n) is 7.79. The van der Waals surface area contributed by atoms with Gasteiger partial charge in [0.15, 0.2) is 0 Å². The average Bonchev–Trinajstić information content (AvgIpc) is 3.54. The minimum Gasteiger partial charge on any atom is -0.468 e. The van der Waals surface area contributed by atoms with Gasteiger partial charge in [-0.15, -0.1) is 0 Å². The molecule has 1 fully saturated rings. The lowest BCUT2D eigenvalue weighted by molar-refractivity contribution is 0.0935. The maximum Gasteiger partial charge on any atom is 0.252 e. The molecule has 3 aromatic heterocycles. The molecule has 4 aromatic rings. The van der Waals surface area contributed by atoms with Gasteiger partial charge in [0.2, 0.25) is 0 Å². The Morgan fingerprint density at radius 3 is 2.65 bits per heavy atom. The summed E-state index contributed by atoms with van der Waals surface area (Å²) in [5, 5.41) is 4.00. The first-order valence-electron chi connectivity index (χ1n) is 10.7. The molecule has 1 N–H and O–H groups in total. The van der Waals surface area contributed by atoms with Crippen LogP contribution in [0.1, 0.15) is 35.0 Å². The summed E-state index contributed by atoms with van der Waals surface area (Å²) >= 11 is 0. The van der Waals surface area contributed by atoms with Crippen molar-refractivity contribution in [2.45, 2.75) is 18.9 Å². The number of para-hydroxylation sites is 1. The summed E-state index contributed by atoms with van der Waals surface area (Å²) < 4.78 is 5.68. The number of amides is 1. The van der Waals surface area contributed by atoms with E-state index in [-0.39, 0.29) is 11.9 Å². The summed E-state index contributed by atoms with van der Waals surface area (Å²) in [6, 6.07) is 17.3. The second-order valence-corrected chi connectivity index (χ2v) is 7.79. The van der Waals surface area contributed by atoms with E-state index < -0.39 is 0 Å². The van der Waals surface area contributed by atoms with E-state index in [0.717, 1.165) is 41.0 Å². The lowest BCUT2D eigenvalue weighted by atomic mass is 10.0. The number of hydrogen-bond donors (Lipinski definition) is 1. The number of benzene rings is 1. The van der Waals surface area contributed by atoms with E-state index in [1.165, 1.54) is 12.8 Å². The molecule has 1 aromatic carbocycles. The number of likely N-dealkylation sites (tertiary alicyclic amines) is 1. The average molecular weight is 412 g/mol. The Morgan fingerprint density at radius 2 is 1.87 bits per heavy atom. The fraction of sp³-hybridized carbons (Fsp3) is 0.240. The predicted molar refractivity (Wildman–Crippen MR) is 120 cm³/mol. The lowest BCUT2D eigenvalue weighted by Crippen LogP contribution is -2.36. The molecule has 1 aliphatic rings. The summed E-state index contributed by atoms with van der Waals surface area (Å²) in [6.07, 6.45) is 7.51. The molecule has 1 amide bonds. The zero-order chi connectivity index (χ0) is 21.0. The molecule has 6 nitrogen and oxygen atoms in total. The number of furan rings is 1. The zero-order valence-electron chi connectivity index (χ0n) is 17.2. The number of rotatable bonds is 6. The molecule has 0 radical (unpaired) electrons. The van der Waals surface area contributed by atoms with Gasteiger partial charge >= 0.3 is 0 Å². The number of aromatic nitrogens is 2. The molecule has 156 valence electrons. The van der Waals surface area contributed by atoms with Gasteiger partial charge in [-0.1, -0.05) is 18.2 Å². The third kappa shape index (κ3) is 4.07. The summed E-state index contributed by atoms with van der Waals surface area (Å²) in [4.78, 5) is 24.5. The van der Waals surface area contributed by atoms with Crippen molar-refractivity contribution in [1.29, 1.82) is 0 Å².